The van der Waals surface area contributed by atoms with Crippen molar-refractivity contribution in [3.05, 3.63) is 0 Å². The molecule has 4 atom stereocenters. The van der Waals surface area contributed by atoms with Crippen molar-refractivity contribution in [3.63, 3.8) is 0 Å². The van der Waals surface area contributed by atoms with E-state index in [4.69, 9.17) is 60.3 Å². The maximum absolute atomic E-state index is 6.47. The van der Waals surface area contributed by atoms with Crippen molar-refractivity contribution in [1.82, 2.24) is 0 Å². The minimum atomic E-state index is -2.75. The van der Waals surface area contributed by atoms with Gasteiger partial charge in [0.25, 0.3) is 5.73 Å². The van der Waals surface area contributed by atoms with Crippen LogP contribution in [0.3, 0.4) is 0 Å². The van der Waals surface area contributed by atoms with Gasteiger partial charge in [0.1, 0.15) is 0 Å². The molecule has 1 saturated heterocycles. The van der Waals surface area contributed by atoms with Gasteiger partial charge in [0.05, 0.1) is 11.1 Å². The monoisotopic (exact) mass is 346 g/mol. The van der Waals surface area contributed by atoms with Gasteiger partial charge >= 0.3 is 7.14 Å². The SMILES string of the molecule is CC1O[Si](C)(Cl)[Si](Cl)(Cl)[Si](C)(Cl)C1Cl. The van der Waals surface area contributed by atoms with E-state index >= 15 is 0 Å². The Hall–Kier alpha value is 2.06. The smallest absolute Gasteiger partial charge is 0.304 e. The average Bonchev–Trinajstić information content (AvgIpc) is 1.99. The Morgan fingerprint density at radius 3 is 1.93 bits per heavy atom. The lowest BCUT2D eigenvalue weighted by Crippen LogP contribution is -2.76. The fourth-order valence-electron chi connectivity index (χ4n) is 1.53. The highest BCUT2D eigenvalue weighted by atomic mass is 35.7. The van der Waals surface area contributed by atoms with Gasteiger partial charge in [0.15, 0.2) is 0 Å². The number of rotatable bonds is 0. The minimum Gasteiger partial charge on any atom is -0.400 e. The number of alkyl halides is 1. The summed E-state index contributed by atoms with van der Waals surface area (Å²) in [5.74, 6) is 0. The van der Waals surface area contributed by atoms with Gasteiger partial charge in [0.2, 0.25) is 6.90 Å². The van der Waals surface area contributed by atoms with Gasteiger partial charge in [-0.1, -0.05) is 6.55 Å². The van der Waals surface area contributed by atoms with Crippen LogP contribution in [-0.2, 0) is 4.43 Å². The summed E-state index contributed by atoms with van der Waals surface area (Å²) in [5, 5.41) is -0.273. The van der Waals surface area contributed by atoms with Crippen molar-refractivity contribution in [2.75, 3.05) is 0 Å². The van der Waals surface area contributed by atoms with Crippen LogP contribution in [0.4, 0.5) is 0 Å². The van der Waals surface area contributed by atoms with Gasteiger partial charge in [-0.3, -0.25) is 0 Å². The topological polar surface area (TPSA) is 9.23 Å². The van der Waals surface area contributed by atoms with Crippen molar-refractivity contribution in [1.29, 1.82) is 0 Å². The fourth-order valence-corrected chi connectivity index (χ4v) is 38.8. The molecule has 1 rings (SSSR count). The highest BCUT2D eigenvalue weighted by Gasteiger charge is 2.71. The maximum atomic E-state index is 6.47. The molecule has 1 nitrogen and oxygen atoms in total. The van der Waals surface area contributed by atoms with Crippen molar-refractivity contribution in [2.24, 2.45) is 0 Å². The largest absolute Gasteiger partial charge is 0.400 e. The van der Waals surface area contributed by atoms with Crippen LogP contribution < -0.4 is 0 Å². The predicted octanol–water partition coefficient (Wildman–Crippen LogP) is 3.75. The normalized spacial score (nSPS) is 53.1. The minimum absolute atomic E-state index is 0.155. The van der Waals surface area contributed by atoms with Crippen molar-refractivity contribution >= 4 is 75.7 Å². The summed E-state index contributed by atoms with van der Waals surface area (Å²) >= 11 is 31.7. The first kappa shape index (κ1) is 14.1. The Labute approximate surface area is 110 Å². The van der Waals surface area contributed by atoms with E-state index in [1.807, 2.05) is 20.0 Å². The summed E-state index contributed by atoms with van der Waals surface area (Å²) in [6.07, 6.45) is -0.155. The molecule has 0 aromatic heterocycles. The third-order valence-electron chi connectivity index (χ3n) is 2.51. The molecule has 1 heterocycles. The van der Waals surface area contributed by atoms with Gasteiger partial charge in [-0.15, -0.1) is 44.8 Å². The molecule has 0 saturated carbocycles. The van der Waals surface area contributed by atoms with Crippen molar-refractivity contribution in [3.8, 4) is 0 Å². The number of hydrogen-bond acceptors (Lipinski definition) is 1. The van der Waals surface area contributed by atoms with Crippen LogP contribution in [0.1, 0.15) is 6.92 Å². The van der Waals surface area contributed by atoms with E-state index < -0.39 is 19.8 Å². The lowest BCUT2D eigenvalue weighted by molar-refractivity contribution is 0.236. The first-order valence-corrected chi connectivity index (χ1v) is 17.6. The van der Waals surface area contributed by atoms with Crippen LogP contribution in [0.15, 0.2) is 0 Å². The molecular formula is C5H11Cl5OSi3. The van der Waals surface area contributed by atoms with Crippen LogP contribution in [0.25, 0.3) is 0 Å². The van der Waals surface area contributed by atoms with Crippen LogP contribution in [0, 0.1) is 0 Å². The Morgan fingerprint density at radius 1 is 1.07 bits per heavy atom. The number of hydrogen-bond donors (Lipinski definition) is 0. The molecular weight excluding hydrogens is 338 g/mol. The van der Waals surface area contributed by atoms with Crippen LogP contribution in [0.5, 0.6) is 0 Å². The van der Waals surface area contributed by atoms with E-state index in [0.717, 1.165) is 0 Å². The molecule has 0 bridgehead atoms. The maximum Gasteiger partial charge on any atom is 0.304 e. The number of halogens is 5. The summed E-state index contributed by atoms with van der Waals surface area (Å²) in [5.41, 5.74) is -2.75. The molecule has 0 spiro atoms. The molecule has 0 aromatic rings. The predicted molar refractivity (Wildman–Crippen MR) is 72.6 cm³/mol. The van der Waals surface area contributed by atoms with E-state index in [2.05, 4.69) is 0 Å². The standard InChI is InChI=1S/C5H11Cl5OSi3/c1-4-5(6)12(2,7)14(9,10)13(3,8)11-4/h4-5H,1-3H3. The zero-order valence-corrected chi connectivity index (χ0v) is 14.7. The highest BCUT2D eigenvalue weighted by molar-refractivity contribution is 8.05. The Kier molecular flexibility index (Phi) is 4.10. The second-order valence-electron chi connectivity index (χ2n) is 3.79. The molecule has 84 valence electrons. The molecule has 1 aliphatic rings. The molecule has 0 radical (unpaired) electrons. The molecule has 0 N–H and O–H groups in total. The highest BCUT2D eigenvalue weighted by Crippen LogP contribution is 2.49. The Morgan fingerprint density at radius 2 is 1.50 bits per heavy atom. The summed E-state index contributed by atoms with van der Waals surface area (Å²) in [6.45, 7) is 3.17. The zero-order valence-electron chi connectivity index (χ0n) is 7.95. The van der Waals surface area contributed by atoms with E-state index in [1.165, 1.54) is 0 Å². The van der Waals surface area contributed by atoms with Gasteiger partial charge in [0, 0.05) is 0 Å². The summed E-state index contributed by atoms with van der Waals surface area (Å²) in [4.78, 5) is 0. The quantitative estimate of drug-likeness (QED) is 0.368. The molecule has 14 heavy (non-hydrogen) atoms. The third kappa shape index (κ3) is 1.95. The second-order valence-corrected chi connectivity index (χ2v) is 36.8. The molecule has 0 amide bonds. The van der Waals surface area contributed by atoms with E-state index in [-0.39, 0.29) is 11.1 Å². The molecule has 0 aliphatic carbocycles. The van der Waals surface area contributed by atoms with Gasteiger partial charge in [-0.2, -0.15) is 11.1 Å². The molecule has 1 aliphatic heterocycles. The van der Waals surface area contributed by atoms with E-state index in [0.29, 0.717) is 0 Å². The van der Waals surface area contributed by atoms with Gasteiger partial charge < -0.3 is 4.43 Å². The first-order chi connectivity index (χ1) is 6.04. The molecule has 1 fully saturated rings. The Bertz CT molecular complexity index is 246. The summed E-state index contributed by atoms with van der Waals surface area (Å²) in [7, 11) is -2.57. The Balaban J connectivity index is 3.15. The lowest BCUT2D eigenvalue weighted by Gasteiger charge is -2.48. The lowest BCUT2D eigenvalue weighted by atomic mass is 10.5. The van der Waals surface area contributed by atoms with Crippen molar-refractivity contribution < 1.29 is 4.43 Å². The van der Waals surface area contributed by atoms with Gasteiger partial charge in [-0.05, 0) is 13.5 Å². The van der Waals surface area contributed by atoms with E-state index in [9.17, 15) is 0 Å². The second kappa shape index (κ2) is 4.07. The van der Waals surface area contributed by atoms with Crippen molar-refractivity contribution in [2.45, 2.75) is 31.1 Å². The third-order valence-corrected chi connectivity index (χ3v) is 53.0. The molecule has 9 heteroatoms. The fraction of sp³-hybridized carbons (Fsp3) is 1.00. The molecule has 0 aromatic carbocycles. The summed E-state index contributed by atoms with van der Waals surface area (Å²) in [6, 6.07) is 0. The summed E-state index contributed by atoms with van der Waals surface area (Å²) < 4.78 is 5.66. The average molecular weight is 349 g/mol. The zero-order chi connectivity index (χ0) is 11.4. The van der Waals surface area contributed by atoms with Crippen LogP contribution in [0.2, 0.25) is 13.1 Å². The molecule has 4 unspecified atom stereocenters. The van der Waals surface area contributed by atoms with E-state index in [1.54, 1.807) is 0 Å². The van der Waals surface area contributed by atoms with Crippen LogP contribution >= 0.6 is 55.9 Å². The first-order valence-electron chi connectivity index (χ1n) is 4.11. The van der Waals surface area contributed by atoms with Gasteiger partial charge in [-0.25, -0.2) is 0 Å². The van der Waals surface area contributed by atoms with Crippen LogP contribution in [-0.4, -0.2) is 30.9 Å².